The molecule has 0 aliphatic rings. The van der Waals surface area contributed by atoms with Gasteiger partial charge in [0.1, 0.15) is 0 Å². The summed E-state index contributed by atoms with van der Waals surface area (Å²) in [7, 11) is 1.65. The van der Waals surface area contributed by atoms with Gasteiger partial charge in [-0.15, -0.1) is 0 Å². The molecule has 1 aromatic heterocycles. The zero-order chi connectivity index (χ0) is 19.6. The van der Waals surface area contributed by atoms with Crippen molar-refractivity contribution in [3.63, 3.8) is 0 Å². The molecule has 2 aromatic carbocycles. The number of nitrogens with zero attached hydrogens (tertiary/aromatic N) is 2. The maximum Gasteiger partial charge on any atom is 0.305 e. The molecule has 0 spiro atoms. The summed E-state index contributed by atoms with van der Waals surface area (Å²) in [6, 6.07) is 16.3. The van der Waals surface area contributed by atoms with E-state index in [1.807, 2.05) is 62.4 Å². The van der Waals surface area contributed by atoms with Gasteiger partial charge in [0.05, 0.1) is 23.5 Å². The highest BCUT2D eigenvalue weighted by atomic mass is 16.4. The first kappa shape index (κ1) is 18.6. The number of amides is 1. The van der Waals surface area contributed by atoms with Crippen LogP contribution in [0.25, 0.3) is 10.9 Å². The van der Waals surface area contributed by atoms with E-state index in [1.54, 1.807) is 13.1 Å². The quantitative estimate of drug-likeness (QED) is 0.740. The van der Waals surface area contributed by atoms with E-state index in [1.165, 1.54) is 4.90 Å². The number of aryl methyl sites for hydroxylation is 2. The fourth-order valence-corrected chi connectivity index (χ4v) is 3.30. The number of aromatic nitrogens is 1. The second kappa shape index (κ2) is 7.58. The Bertz CT molecular complexity index is 999. The summed E-state index contributed by atoms with van der Waals surface area (Å²) in [6.45, 7) is 3.82. The zero-order valence-electron chi connectivity index (χ0n) is 15.6. The van der Waals surface area contributed by atoms with Crippen molar-refractivity contribution in [2.45, 2.75) is 26.3 Å². The van der Waals surface area contributed by atoms with Gasteiger partial charge in [-0.1, -0.05) is 42.0 Å². The number of benzene rings is 2. The summed E-state index contributed by atoms with van der Waals surface area (Å²) in [5.74, 6) is -1.17. The molecule has 1 atom stereocenters. The third kappa shape index (κ3) is 3.97. The van der Waals surface area contributed by atoms with Crippen molar-refractivity contribution in [3.8, 4) is 0 Å². The summed E-state index contributed by atoms with van der Waals surface area (Å²) < 4.78 is 0. The minimum Gasteiger partial charge on any atom is -0.481 e. The van der Waals surface area contributed by atoms with E-state index in [0.717, 1.165) is 27.7 Å². The van der Waals surface area contributed by atoms with Gasteiger partial charge in [-0.2, -0.15) is 0 Å². The number of carbonyl (C=O) groups is 2. The fourth-order valence-electron chi connectivity index (χ4n) is 3.30. The Hall–Kier alpha value is -3.21. The van der Waals surface area contributed by atoms with Gasteiger partial charge in [0.25, 0.3) is 5.91 Å². The summed E-state index contributed by atoms with van der Waals surface area (Å²) in [4.78, 5) is 30.8. The Morgan fingerprint density at radius 3 is 2.44 bits per heavy atom. The van der Waals surface area contributed by atoms with Crippen LogP contribution in [0.4, 0.5) is 0 Å². The molecule has 0 aliphatic carbocycles. The van der Waals surface area contributed by atoms with Crippen molar-refractivity contribution in [1.29, 1.82) is 0 Å². The molecule has 1 N–H and O–H groups in total. The molecular weight excluding hydrogens is 340 g/mol. The maximum absolute atomic E-state index is 13.3. The maximum atomic E-state index is 13.3. The summed E-state index contributed by atoms with van der Waals surface area (Å²) in [6.07, 6.45) is -0.159. The number of aliphatic carboxylic acids is 1. The van der Waals surface area contributed by atoms with Crippen LogP contribution in [0.3, 0.4) is 0 Å². The van der Waals surface area contributed by atoms with Crippen LogP contribution >= 0.6 is 0 Å². The Kier molecular flexibility index (Phi) is 5.21. The average molecular weight is 362 g/mol. The van der Waals surface area contributed by atoms with Crippen LogP contribution in [0.15, 0.2) is 54.6 Å². The van der Waals surface area contributed by atoms with E-state index in [2.05, 4.69) is 4.98 Å². The Balaban J connectivity index is 2.06. The minimum atomic E-state index is -0.949. The van der Waals surface area contributed by atoms with Gasteiger partial charge in [-0.05, 0) is 37.6 Å². The molecule has 0 bridgehead atoms. The van der Waals surface area contributed by atoms with E-state index in [0.29, 0.717) is 5.56 Å². The number of hydrogen-bond acceptors (Lipinski definition) is 3. The smallest absolute Gasteiger partial charge is 0.305 e. The monoisotopic (exact) mass is 362 g/mol. The molecule has 1 amide bonds. The lowest BCUT2D eigenvalue weighted by Crippen LogP contribution is -2.33. The SMILES string of the molecule is Cc1ccc2nc(C)cc(C(=O)N(C)C(CC(=O)O)c3ccccc3)c2c1. The molecule has 1 unspecified atom stereocenters. The summed E-state index contributed by atoms with van der Waals surface area (Å²) in [5.41, 5.74) is 3.87. The third-order valence-electron chi connectivity index (χ3n) is 4.66. The largest absolute Gasteiger partial charge is 0.481 e. The van der Waals surface area contributed by atoms with Crippen molar-refractivity contribution < 1.29 is 14.7 Å². The molecule has 0 aliphatic heterocycles. The highest BCUT2D eigenvalue weighted by Gasteiger charge is 2.26. The normalized spacial score (nSPS) is 12.0. The van der Waals surface area contributed by atoms with Crippen molar-refractivity contribution in [2.24, 2.45) is 0 Å². The number of rotatable bonds is 5. The van der Waals surface area contributed by atoms with Crippen LogP contribution in [0.5, 0.6) is 0 Å². The predicted molar refractivity (Wildman–Crippen MR) is 105 cm³/mol. The Labute approximate surface area is 158 Å². The zero-order valence-corrected chi connectivity index (χ0v) is 15.6. The number of hydrogen-bond donors (Lipinski definition) is 1. The molecule has 27 heavy (non-hydrogen) atoms. The van der Waals surface area contributed by atoms with Gasteiger partial charge in [0.15, 0.2) is 0 Å². The molecule has 3 aromatic rings. The molecule has 0 saturated carbocycles. The highest BCUT2D eigenvalue weighted by Crippen LogP contribution is 2.27. The fraction of sp³-hybridized carbons (Fsp3) is 0.227. The van der Waals surface area contributed by atoms with Crippen LogP contribution in [0, 0.1) is 13.8 Å². The Morgan fingerprint density at radius 1 is 1.07 bits per heavy atom. The van der Waals surface area contributed by atoms with Crippen molar-refractivity contribution >= 4 is 22.8 Å². The summed E-state index contributed by atoms with van der Waals surface area (Å²) >= 11 is 0. The number of pyridine rings is 1. The van der Waals surface area contributed by atoms with Gasteiger partial charge in [0.2, 0.25) is 0 Å². The van der Waals surface area contributed by atoms with E-state index in [4.69, 9.17) is 0 Å². The number of carboxylic acid groups (broad SMARTS) is 1. The third-order valence-corrected chi connectivity index (χ3v) is 4.66. The van der Waals surface area contributed by atoms with Crippen molar-refractivity contribution in [1.82, 2.24) is 9.88 Å². The summed E-state index contributed by atoms with van der Waals surface area (Å²) in [5, 5.41) is 10.1. The van der Waals surface area contributed by atoms with E-state index in [9.17, 15) is 14.7 Å². The lowest BCUT2D eigenvalue weighted by molar-refractivity contribution is -0.138. The Morgan fingerprint density at radius 2 is 1.78 bits per heavy atom. The van der Waals surface area contributed by atoms with Gasteiger partial charge >= 0.3 is 5.97 Å². The van der Waals surface area contributed by atoms with Crippen LogP contribution in [0.1, 0.15) is 39.6 Å². The van der Waals surface area contributed by atoms with Gasteiger partial charge in [-0.3, -0.25) is 14.6 Å². The first-order valence-corrected chi connectivity index (χ1v) is 8.78. The second-order valence-corrected chi connectivity index (χ2v) is 6.77. The molecule has 0 radical (unpaired) electrons. The number of carbonyl (C=O) groups excluding carboxylic acids is 1. The first-order chi connectivity index (χ1) is 12.9. The molecule has 5 heteroatoms. The van der Waals surface area contributed by atoms with E-state index in [-0.39, 0.29) is 12.3 Å². The van der Waals surface area contributed by atoms with Crippen molar-refractivity contribution in [2.75, 3.05) is 7.05 Å². The number of fused-ring (bicyclic) bond motifs is 1. The molecule has 3 rings (SSSR count). The lowest BCUT2D eigenvalue weighted by Gasteiger charge is -2.28. The highest BCUT2D eigenvalue weighted by molar-refractivity contribution is 6.06. The minimum absolute atomic E-state index is 0.159. The standard InChI is InChI=1S/C22H22N2O3/c1-14-9-10-19-17(11-14)18(12-15(2)23-19)22(27)24(3)20(13-21(25)26)16-7-5-4-6-8-16/h4-12,20H,13H2,1-3H3,(H,25,26). The molecule has 5 nitrogen and oxygen atoms in total. The van der Waals surface area contributed by atoms with Crippen molar-refractivity contribution in [3.05, 3.63) is 77.0 Å². The van der Waals surface area contributed by atoms with Crippen LogP contribution in [-0.2, 0) is 4.79 Å². The van der Waals surface area contributed by atoms with Crippen LogP contribution in [-0.4, -0.2) is 33.9 Å². The van der Waals surface area contributed by atoms with Gasteiger partial charge in [0, 0.05) is 18.1 Å². The first-order valence-electron chi connectivity index (χ1n) is 8.78. The molecule has 138 valence electrons. The van der Waals surface area contributed by atoms with Gasteiger partial charge in [-0.25, -0.2) is 0 Å². The lowest BCUT2D eigenvalue weighted by atomic mass is 9.99. The topological polar surface area (TPSA) is 70.5 Å². The molecule has 0 saturated heterocycles. The number of carboxylic acids is 1. The van der Waals surface area contributed by atoms with E-state index >= 15 is 0 Å². The molecular formula is C22H22N2O3. The van der Waals surface area contributed by atoms with Crippen LogP contribution < -0.4 is 0 Å². The average Bonchev–Trinajstić information content (AvgIpc) is 2.65. The van der Waals surface area contributed by atoms with Gasteiger partial charge < -0.3 is 10.0 Å². The van der Waals surface area contributed by atoms with E-state index < -0.39 is 12.0 Å². The van der Waals surface area contributed by atoms with Crippen LogP contribution in [0.2, 0.25) is 0 Å². The predicted octanol–water partition coefficient (Wildman–Crippen LogP) is 4.14. The molecule has 0 fully saturated rings. The molecule has 1 heterocycles. The second-order valence-electron chi connectivity index (χ2n) is 6.77.